The molecule has 0 saturated carbocycles. The average Bonchev–Trinajstić information content (AvgIpc) is 2.51. The third-order valence-electron chi connectivity index (χ3n) is 4.14. The average molecular weight is 377 g/mol. The molecule has 6 nitrogen and oxygen atoms in total. The zero-order valence-corrected chi connectivity index (χ0v) is 15.8. The molecule has 1 atom stereocenters. The van der Waals surface area contributed by atoms with Crippen molar-refractivity contribution in [2.45, 2.75) is 38.0 Å². The molecule has 0 spiro atoms. The molecular formula is C19H23NO5S. The Balaban J connectivity index is 2.26. The summed E-state index contributed by atoms with van der Waals surface area (Å²) in [7, 11) is -3.65. The van der Waals surface area contributed by atoms with Crippen molar-refractivity contribution in [1.82, 2.24) is 5.32 Å². The summed E-state index contributed by atoms with van der Waals surface area (Å²) in [6.45, 7) is 4.56. The second kappa shape index (κ2) is 7.45. The predicted octanol–water partition coefficient (Wildman–Crippen LogP) is 2.69. The maximum absolute atomic E-state index is 12.3. The van der Waals surface area contributed by atoms with Crippen LogP contribution in [0, 0.1) is 0 Å². The highest BCUT2D eigenvalue weighted by atomic mass is 32.2. The van der Waals surface area contributed by atoms with E-state index in [1.807, 2.05) is 36.4 Å². The van der Waals surface area contributed by atoms with Gasteiger partial charge in [-0.2, -0.15) is 0 Å². The van der Waals surface area contributed by atoms with Crippen LogP contribution in [0.2, 0.25) is 0 Å². The van der Waals surface area contributed by atoms with E-state index in [1.165, 1.54) is 20.8 Å². The monoisotopic (exact) mass is 377 g/mol. The molecule has 2 N–H and O–H groups in total. The Morgan fingerprint density at radius 1 is 1.08 bits per heavy atom. The molecule has 0 aliphatic carbocycles. The van der Waals surface area contributed by atoms with Gasteiger partial charge in [0.2, 0.25) is 5.91 Å². The summed E-state index contributed by atoms with van der Waals surface area (Å²) >= 11 is 0. The zero-order valence-electron chi connectivity index (χ0n) is 15.0. The van der Waals surface area contributed by atoms with Gasteiger partial charge in [0.25, 0.3) is 0 Å². The highest BCUT2D eigenvalue weighted by Crippen LogP contribution is 2.23. The normalized spacial score (nSPS) is 13.3. The lowest BCUT2D eigenvalue weighted by atomic mass is 9.99. The first-order valence-electron chi connectivity index (χ1n) is 8.22. The lowest BCUT2D eigenvalue weighted by Crippen LogP contribution is -2.40. The van der Waals surface area contributed by atoms with Crippen molar-refractivity contribution in [3.63, 3.8) is 0 Å². The number of aliphatic carboxylic acids is 1. The Bertz CT molecular complexity index is 928. The summed E-state index contributed by atoms with van der Waals surface area (Å²) in [5.74, 6) is -2.47. The first-order valence-corrected chi connectivity index (χ1v) is 9.87. The molecule has 2 aromatic rings. The van der Waals surface area contributed by atoms with E-state index < -0.39 is 38.3 Å². The van der Waals surface area contributed by atoms with E-state index in [2.05, 4.69) is 5.32 Å². The summed E-state index contributed by atoms with van der Waals surface area (Å²) < 4.78 is 23.3. The van der Waals surface area contributed by atoms with Crippen LogP contribution in [0.1, 0.15) is 38.8 Å². The lowest BCUT2D eigenvalue weighted by Gasteiger charge is -2.21. The molecule has 0 saturated heterocycles. The number of fused-ring (bicyclic) bond motifs is 1. The number of carbonyl (C=O) groups is 2. The fourth-order valence-corrected chi connectivity index (χ4v) is 3.34. The Labute approximate surface area is 153 Å². The molecule has 7 heteroatoms. The molecule has 26 heavy (non-hydrogen) atoms. The van der Waals surface area contributed by atoms with E-state index in [-0.39, 0.29) is 6.42 Å². The van der Waals surface area contributed by atoms with E-state index in [9.17, 15) is 18.0 Å². The second-order valence-electron chi connectivity index (χ2n) is 7.20. The van der Waals surface area contributed by atoms with Crippen LogP contribution in [0.25, 0.3) is 10.8 Å². The number of amides is 1. The summed E-state index contributed by atoms with van der Waals surface area (Å²) in [6, 6.07) is 12.2. The van der Waals surface area contributed by atoms with Gasteiger partial charge in [-0.05, 0) is 43.2 Å². The molecule has 1 amide bonds. The van der Waals surface area contributed by atoms with Crippen LogP contribution in [0.3, 0.4) is 0 Å². The molecule has 2 aromatic carbocycles. The first kappa shape index (κ1) is 19.9. The number of carboxylic acid groups (broad SMARTS) is 1. The van der Waals surface area contributed by atoms with Crippen molar-refractivity contribution in [3.8, 4) is 0 Å². The Morgan fingerprint density at radius 2 is 1.69 bits per heavy atom. The van der Waals surface area contributed by atoms with Crippen LogP contribution in [0.5, 0.6) is 0 Å². The summed E-state index contributed by atoms with van der Waals surface area (Å²) in [5, 5.41) is 13.6. The van der Waals surface area contributed by atoms with Crippen molar-refractivity contribution in [2.24, 2.45) is 0 Å². The molecule has 0 aromatic heterocycles. The Hall–Kier alpha value is -2.41. The number of hydrogen-bond donors (Lipinski definition) is 2. The SMILES string of the molecule is CC(C)(C)S(=O)(=O)CC(=O)N[C@@H](CC(=O)O)c1ccc2ccccc2c1. The molecule has 2 rings (SSSR count). The van der Waals surface area contributed by atoms with Crippen LogP contribution in [0.4, 0.5) is 0 Å². The van der Waals surface area contributed by atoms with Crippen molar-refractivity contribution in [2.75, 3.05) is 5.75 Å². The standard InChI is InChI=1S/C19H23NO5S/c1-19(2,3)26(24,25)12-17(21)20-16(11-18(22)23)15-9-8-13-6-4-5-7-14(13)10-15/h4-10,16H,11-12H2,1-3H3,(H,20,21)(H,22,23)/t16-/m0/s1. The van der Waals surface area contributed by atoms with Gasteiger partial charge < -0.3 is 10.4 Å². The summed E-state index contributed by atoms with van der Waals surface area (Å²) in [5.41, 5.74) is 0.618. The van der Waals surface area contributed by atoms with Crippen LogP contribution < -0.4 is 5.32 Å². The molecule has 0 bridgehead atoms. The fourth-order valence-electron chi connectivity index (χ4n) is 2.48. The van der Waals surface area contributed by atoms with Crippen LogP contribution in [-0.2, 0) is 19.4 Å². The van der Waals surface area contributed by atoms with E-state index >= 15 is 0 Å². The van der Waals surface area contributed by atoms with Gasteiger partial charge >= 0.3 is 5.97 Å². The van der Waals surface area contributed by atoms with Gasteiger partial charge in [0.1, 0.15) is 5.75 Å². The third kappa shape index (κ3) is 4.82. The Morgan fingerprint density at radius 3 is 2.27 bits per heavy atom. The summed E-state index contributed by atoms with van der Waals surface area (Å²) in [4.78, 5) is 23.5. The highest BCUT2D eigenvalue weighted by Gasteiger charge is 2.32. The number of carboxylic acids is 1. The number of carbonyl (C=O) groups excluding carboxylic acids is 1. The molecule has 140 valence electrons. The minimum Gasteiger partial charge on any atom is -0.481 e. The van der Waals surface area contributed by atoms with Crippen molar-refractivity contribution in [3.05, 3.63) is 48.0 Å². The zero-order chi connectivity index (χ0) is 19.5. The third-order valence-corrected chi connectivity index (χ3v) is 6.65. The topological polar surface area (TPSA) is 101 Å². The quantitative estimate of drug-likeness (QED) is 0.806. The first-order chi connectivity index (χ1) is 12.0. The van der Waals surface area contributed by atoms with Gasteiger partial charge in [-0.1, -0.05) is 36.4 Å². The number of hydrogen-bond acceptors (Lipinski definition) is 4. The molecule has 0 unspecified atom stereocenters. The van der Waals surface area contributed by atoms with E-state index in [0.717, 1.165) is 10.8 Å². The molecule has 0 fully saturated rings. The van der Waals surface area contributed by atoms with Gasteiger partial charge in [-0.25, -0.2) is 8.42 Å². The maximum atomic E-state index is 12.3. The molecule has 0 radical (unpaired) electrons. The maximum Gasteiger partial charge on any atom is 0.305 e. The number of benzene rings is 2. The number of sulfone groups is 1. The lowest BCUT2D eigenvalue weighted by molar-refractivity contribution is -0.137. The van der Waals surface area contributed by atoms with Gasteiger partial charge in [-0.3, -0.25) is 9.59 Å². The van der Waals surface area contributed by atoms with Crippen LogP contribution >= 0.6 is 0 Å². The van der Waals surface area contributed by atoms with E-state index in [0.29, 0.717) is 5.56 Å². The molecular weight excluding hydrogens is 354 g/mol. The van der Waals surface area contributed by atoms with Crippen molar-refractivity contribution < 1.29 is 23.1 Å². The van der Waals surface area contributed by atoms with Crippen molar-refractivity contribution in [1.29, 1.82) is 0 Å². The van der Waals surface area contributed by atoms with Gasteiger partial charge in [0.05, 0.1) is 17.2 Å². The van der Waals surface area contributed by atoms with E-state index in [1.54, 1.807) is 6.07 Å². The number of rotatable bonds is 6. The Kier molecular flexibility index (Phi) is 5.71. The fraction of sp³-hybridized carbons (Fsp3) is 0.368. The van der Waals surface area contributed by atoms with Gasteiger partial charge in [0, 0.05) is 0 Å². The molecule has 0 aliphatic rings. The number of nitrogens with one attached hydrogen (secondary N) is 1. The van der Waals surface area contributed by atoms with Crippen LogP contribution in [0.15, 0.2) is 42.5 Å². The smallest absolute Gasteiger partial charge is 0.305 e. The summed E-state index contributed by atoms with van der Waals surface area (Å²) in [6.07, 6.45) is -0.334. The minimum absolute atomic E-state index is 0.334. The minimum atomic E-state index is -3.65. The molecule has 0 heterocycles. The van der Waals surface area contributed by atoms with Gasteiger partial charge in [0.15, 0.2) is 9.84 Å². The predicted molar refractivity (Wildman–Crippen MR) is 101 cm³/mol. The highest BCUT2D eigenvalue weighted by molar-refractivity contribution is 7.93. The molecule has 0 aliphatic heterocycles. The second-order valence-corrected chi connectivity index (χ2v) is 9.94. The largest absolute Gasteiger partial charge is 0.481 e. The van der Waals surface area contributed by atoms with Crippen LogP contribution in [-0.4, -0.2) is 35.9 Å². The van der Waals surface area contributed by atoms with Gasteiger partial charge in [-0.15, -0.1) is 0 Å². The van der Waals surface area contributed by atoms with Crippen molar-refractivity contribution >= 4 is 32.5 Å². The van der Waals surface area contributed by atoms with E-state index in [4.69, 9.17) is 5.11 Å².